The highest BCUT2D eigenvalue weighted by molar-refractivity contribution is 9.11. The number of cyclic esters (lactones) is 1. The van der Waals surface area contributed by atoms with Gasteiger partial charge in [0.05, 0.1) is 36.3 Å². The monoisotopic (exact) mass is 645 g/mol. The van der Waals surface area contributed by atoms with Crippen LogP contribution in [0, 0.1) is 5.92 Å². The number of nitrogens with zero attached hydrogens (tertiary/aromatic N) is 1. The van der Waals surface area contributed by atoms with E-state index >= 15 is 0 Å². The van der Waals surface area contributed by atoms with Crippen LogP contribution >= 0.6 is 15.9 Å². The molecule has 10 nitrogen and oxygen atoms in total. The Bertz CT molecular complexity index is 1240. The number of rotatable bonds is 14. The molecular weight excluding hydrogens is 610 g/mol. The standard InChI is InChI=1S/C31H36BrNO9/c1-21(29(36)33-24(19-41-30(33)37)15-22-9-4-2-5-10-22)28-26(35)16-27(32)31(38,42-28)13-8-14-39-20-25(17-34)40-18-23-11-6-3-7-12-23/h2-7,9-12,16,21,24-25,28,34,38H,8,13-15,17-20H2,1H3. The molecule has 2 aliphatic rings. The molecule has 1 saturated heterocycles. The number of aliphatic hydroxyl groups excluding tert-OH is 1. The second-order valence-corrected chi connectivity index (χ2v) is 11.3. The van der Waals surface area contributed by atoms with Gasteiger partial charge in [-0.2, -0.15) is 0 Å². The quantitative estimate of drug-likeness (QED) is 0.296. The van der Waals surface area contributed by atoms with Crippen LogP contribution in [0.3, 0.4) is 0 Å². The van der Waals surface area contributed by atoms with Crippen molar-refractivity contribution in [2.75, 3.05) is 26.4 Å². The first kappa shape index (κ1) is 32.0. The van der Waals surface area contributed by atoms with E-state index in [0.717, 1.165) is 16.0 Å². The molecule has 0 radical (unpaired) electrons. The van der Waals surface area contributed by atoms with Crippen molar-refractivity contribution in [2.24, 2.45) is 5.92 Å². The van der Waals surface area contributed by atoms with Crippen LogP contribution in [0.2, 0.25) is 0 Å². The Morgan fingerprint density at radius 1 is 1.12 bits per heavy atom. The van der Waals surface area contributed by atoms with E-state index in [9.17, 15) is 24.6 Å². The molecule has 1 fully saturated rings. The SMILES string of the molecule is CC(C(=O)N1C(=O)OCC1Cc1ccccc1)C1OC(O)(CCCOCC(CO)OCc2ccccc2)C(Br)=CC1=O. The lowest BCUT2D eigenvalue weighted by Gasteiger charge is -2.37. The summed E-state index contributed by atoms with van der Waals surface area (Å²) in [6.45, 7) is 2.07. The second kappa shape index (κ2) is 15.0. The summed E-state index contributed by atoms with van der Waals surface area (Å²) < 4.78 is 22.5. The van der Waals surface area contributed by atoms with Gasteiger partial charge in [-0.3, -0.25) is 9.59 Å². The normalized spacial score (nSPS) is 23.8. The predicted octanol–water partition coefficient (Wildman–Crippen LogP) is 3.52. The summed E-state index contributed by atoms with van der Waals surface area (Å²) in [6.07, 6.45) is -0.559. The molecule has 42 heavy (non-hydrogen) atoms. The van der Waals surface area contributed by atoms with E-state index in [0.29, 0.717) is 19.4 Å². The molecule has 2 aromatic carbocycles. The number of amides is 2. The molecule has 2 N–H and O–H groups in total. The minimum absolute atomic E-state index is 0.0511. The summed E-state index contributed by atoms with van der Waals surface area (Å²) in [5.41, 5.74) is 1.92. The van der Waals surface area contributed by atoms with Gasteiger partial charge in [0.15, 0.2) is 11.6 Å². The van der Waals surface area contributed by atoms with Crippen molar-refractivity contribution in [3.8, 4) is 0 Å². The van der Waals surface area contributed by atoms with Crippen molar-refractivity contribution < 1.29 is 43.5 Å². The van der Waals surface area contributed by atoms with Crippen molar-refractivity contribution in [3.05, 3.63) is 82.3 Å². The summed E-state index contributed by atoms with van der Waals surface area (Å²) >= 11 is 3.24. The third-order valence-corrected chi connectivity index (χ3v) is 8.09. The lowest BCUT2D eigenvalue weighted by Crippen LogP contribution is -2.52. The summed E-state index contributed by atoms with van der Waals surface area (Å²) in [4.78, 5) is 39.9. The van der Waals surface area contributed by atoms with Gasteiger partial charge in [-0.25, -0.2) is 9.69 Å². The fraction of sp³-hybridized carbons (Fsp3) is 0.452. The number of hydrogen-bond acceptors (Lipinski definition) is 9. The Labute approximate surface area is 253 Å². The van der Waals surface area contributed by atoms with Crippen LogP contribution in [0.4, 0.5) is 4.79 Å². The number of benzene rings is 2. The number of imide groups is 1. The summed E-state index contributed by atoms with van der Waals surface area (Å²) in [5, 5.41) is 20.9. The minimum Gasteiger partial charge on any atom is -0.447 e. The fourth-order valence-electron chi connectivity index (χ4n) is 4.86. The van der Waals surface area contributed by atoms with Gasteiger partial charge in [-0.05, 0) is 46.0 Å². The zero-order chi connectivity index (χ0) is 30.1. The van der Waals surface area contributed by atoms with Crippen LogP contribution in [0.15, 0.2) is 71.2 Å². The molecule has 2 heterocycles. The van der Waals surface area contributed by atoms with Crippen LogP contribution in [-0.4, -0.2) is 83.4 Å². The average Bonchev–Trinajstić information content (AvgIpc) is 3.36. The van der Waals surface area contributed by atoms with Gasteiger partial charge >= 0.3 is 6.09 Å². The molecule has 0 bridgehead atoms. The van der Waals surface area contributed by atoms with E-state index in [1.165, 1.54) is 13.0 Å². The lowest BCUT2D eigenvalue weighted by atomic mass is 9.93. The van der Waals surface area contributed by atoms with E-state index in [2.05, 4.69) is 15.9 Å². The Morgan fingerprint density at radius 3 is 2.45 bits per heavy atom. The minimum atomic E-state index is -1.87. The molecule has 5 atom stereocenters. The number of aliphatic hydroxyl groups is 2. The van der Waals surface area contributed by atoms with E-state index < -0.39 is 47.7 Å². The Morgan fingerprint density at radius 2 is 1.79 bits per heavy atom. The maximum Gasteiger partial charge on any atom is 0.416 e. The van der Waals surface area contributed by atoms with Crippen LogP contribution in [0.5, 0.6) is 0 Å². The molecule has 2 aliphatic heterocycles. The molecule has 0 spiro atoms. The van der Waals surface area contributed by atoms with E-state index in [1.807, 2.05) is 60.7 Å². The smallest absolute Gasteiger partial charge is 0.416 e. The Balaban J connectivity index is 1.29. The highest BCUT2D eigenvalue weighted by Gasteiger charge is 2.48. The largest absolute Gasteiger partial charge is 0.447 e. The second-order valence-electron chi connectivity index (χ2n) is 10.4. The van der Waals surface area contributed by atoms with Crippen molar-refractivity contribution in [3.63, 3.8) is 0 Å². The Kier molecular flexibility index (Phi) is 11.4. The number of ether oxygens (including phenoxy) is 4. The topological polar surface area (TPSA) is 132 Å². The predicted molar refractivity (Wildman–Crippen MR) is 155 cm³/mol. The zero-order valence-corrected chi connectivity index (χ0v) is 25.0. The lowest BCUT2D eigenvalue weighted by molar-refractivity contribution is -0.217. The maximum atomic E-state index is 13.5. The van der Waals surface area contributed by atoms with Crippen molar-refractivity contribution in [2.45, 2.75) is 56.8 Å². The number of carbonyl (C=O) groups is 3. The van der Waals surface area contributed by atoms with Crippen molar-refractivity contribution in [1.29, 1.82) is 0 Å². The van der Waals surface area contributed by atoms with Gasteiger partial charge in [0, 0.05) is 13.0 Å². The number of halogens is 1. The van der Waals surface area contributed by atoms with E-state index in [-0.39, 0.29) is 37.3 Å². The summed E-state index contributed by atoms with van der Waals surface area (Å²) in [5.74, 6) is -4.05. The van der Waals surface area contributed by atoms with Crippen LogP contribution in [0.25, 0.3) is 0 Å². The molecule has 2 aromatic rings. The highest BCUT2D eigenvalue weighted by atomic mass is 79.9. The third-order valence-electron chi connectivity index (χ3n) is 7.24. The molecular formula is C31H36BrNO9. The molecule has 0 saturated carbocycles. The zero-order valence-electron chi connectivity index (χ0n) is 23.4. The first-order chi connectivity index (χ1) is 20.2. The molecule has 0 aromatic heterocycles. The molecule has 226 valence electrons. The molecule has 4 rings (SSSR count). The van der Waals surface area contributed by atoms with Crippen LogP contribution in [0.1, 0.15) is 30.9 Å². The average molecular weight is 647 g/mol. The highest BCUT2D eigenvalue weighted by Crippen LogP contribution is 2.37. The summed E-state index contributed by atoms with van der Waals surface area (Å²) in [6, 6.07) is 18.5. The number of hydrogen-bond donors (Lipinski definition) is 2. The van der Waals surface area contributed by atoms with Gasteiger partial charge in [0.2, 0.25) is 5.91 Å². The molecule has 2 amide bonds. The molecule has 11 heteroatoms. The third kappa shape index (κ3) is 8.12. The Hall–Kier alpha value is -2.93. The van der Waals surface area contributed by atoms with Crippen LogP contribution in [-0.2, 0) is 41.6 Å². The van der Waals surface area contributed by atoms with Gasteiger partial charge in [-0.15, -0.1) is 0 Å². The van der Waals surface area contributed by atoms with E-state index in [1.54, 1.807) is 0 Å². The van der Waals surface area contributed by atoms with Gasteiger partial charge < -0.3 is 29.2 Å². The molecule has 5 unspecified atom stereocenters. The van der Waals surface area contributed by atoms with Gasteiger partial charge in [0.1, 0.15) is 18.8 Å². The van der Waals surface area contributed by atoms with Gasteiger partial charge in [0.25, 0.3) is 0 Å². The first-order valence-corrected chi connectivity index (χ1v) is 14.7. The fourth-order valence-corrected chi connectivity index (χ4v) is 5.37. The van der Waals surface area contributed by atoms with Gasteiger partial charge in [-0.1, -0.05) is 67.6 Å². The van der Waals surface area contributed by atoms with Crippen molar-refractivity contribution >= 4 is 33.7 Å². The summed E-state index contributed by atoms with van der Waals surface area (Å²) in [7, 11) is 0. The molecule has 0 aliphatic carbocycles. The maximum absolute atomic E-state index is 13.5. The van der Waals surface area contributed by atoms with E-state index in [4.69, 9.17) is 18.9 Å². The number of carbonyl (C=O) groups excluding carboxylic acids is 3. The number of ketones is 1. The van der Waals surface area contributed by atoms with Crippen LogP contribution < -0.4 is 0 Å². The van der Waals surface area contributed by atoms with Crippen molar-refractivity contribution in [1.82, 2.24) is 4.90 Å². The first-order valence-electron chi connectivity index (χ1n) is 13.9.